The summed E-state index contributed by atoms with van der Waals surface area (Å²) >= 11 is 0. The molecule has 0 bridgehead atoms. The Bertz CT molecular complexity index is 264. The minimum Gasteiger partial charge on any atom is -0.384 e. The zero-order valence-electron chi connectivity index (χ0n) is 10.1. The second-order valence-electron chi connectivity index (χ2n) is 5.18. The van der Waals surface area contributed by atoms with Crippen molar-refractivity contribution < 1.29 is 9.53 Å². The van der Waals surface area contributed by atoms with E-state index in [0.29, 0.717) is 24.3 Å². The quantitative estimate of drug-likeness (QED) is 0.764. The summed E-state index contributed by atoms with van der Waals surface area (Å²) in [6, 6.07) is 0. The first kappa shape index (κ1) is 11.9. The SMILES string of the molecule is COC[C@@H]1CN(C(=O)CCN)CC12CCC2. The molecule has 2 aliphatic rings. The Morgan fingerprint density at radius 2 is 2.31 bits per heavy atom. The lowest BCUT2D eigenvalue weighted by molar-refractivity contribution is -0.130. The smallest absolute Gasteiger partial charge is 0.223 e. The zero-order chi connectivity index (χ0) is 11.6. The number of hydrogen-bond acceptors (Lipinski definition) is 3. The summed E-state index contributed by atoms with van der Waals surface area (Å²) in [7, 11) is 1.75. The molecule has 4 heteroatoms. The van der Waals surface area contributed by atoms with Crippen LogP contribution in [0.15, 0.2) is 0 Å². The van der Waals surface area contributed by atoms with Gasteiger partial charge >= 0.3 is 0 Å². The summed E-state index contributed by atoms with van der Waals surface area (Å²) in [6.45, 7) is 3.04. The molecule has 1 saturated heterocycles. The third-order valence-electron chi connectivity index (χ3n) is 4.24. The van der Waals surface area contributed by atoms with Crippen molar-refractivity contribution in [2.24, 2.45) is 17.1 Å². The highest BCUT2D eigenvalue weighted by Crippen LogP contribution is 2.51. The Labute approximate surface area is 97.1 Å². The van der Waals surface area contributed by atoms with Gasteiger partial charge < -0.3 is 15.4 Å². The molecule has 1 aliphatic carbocycles. The summed E-state index contributed by atoms with van der Waals surface area (Å²) in [6.07, 6.45) is 4.30. The van der Waals surface area contributed by atoms with E-state index in [1.165, 1.54) is 19.3 Å². The molecule has 0 radical (unpaired) electrons. The van der Waals surface area contributed by atoms with Crippen LogP contribution in [0.25, 0.3) is 0 Å². The lowest BCUT2D eigenvalue weighted by Gasteiger charge is -2.42. The van der Waals surface area contributed by atoms with Gasteiger partial charge in [-0.1, -0.05) is 6.42 Å². The molecule has 1 saturated carbocycles. The first-order valence-electron chi connectivity index (χ1n) is 6.18. The monoisotopic (exact) mass is 226 g/mol. The summed E-state index contributed by atoms with van der Waals surface area (Å²) in [5.74, 6) is 0.750. The number of carbonyl (C=O) groups is 1. The van der Waals surface area contributed by atoms with Crippen LogP contribution < -0.4 is 5.73 Å². The molecule has 1 spiro atoms. The van der Waals surface area contributed by atoms with Gasteiger partial charge in [0.05, 0.1) is 6.61 Å². The average Bonchev–Trinajstić information content (AvgIpc) is 2.58. The van der Waals surface area contributed by atoms with Gasteiger partial charge in [-0.25, -0.2) is 0 Å². The van der Waals surface area contributed by atoms with Crippen LogP contribution in [0.2, 0.25) is 0 Å². The van der Waals surface area contributed by atoms with Gasteiger partial charge in [0.25, 0.3) is 0 Å². The molecule has 1 atom stereocenters. The van der Waals surface area contributed by atoms with E-state index in [-0.39, 0.29) is 5.91 Å². The molecule has 92 valence electrons. The Morgan fingerprint density at radius 1 is 1.56 bits per heavy atom. The number of carbonyl (C=O) groups excluding carboxylic acids is 1. The Balaban J connectivity index is 1.98. The van der Waals surface area contributed by atoms with Gasteiger partial charge in [-0.15, -0.1) is 0 Å². The van der Waals surface area contributed by atoms with E-state index in [4.69, 9.17) is 10.5 Å². The molecule has 2 rings (SSSR count). The molecule has 1 heterocycles. The first-order chi connectivity index (χ1) is 7.72. The molecule has 0 aromatic carbocycles. The van der Waals surface area contributed by atoms with Crippen LogP contribution in [-0.2, 0) is 9.53 Å². The largest absolute Gasteiger partial charge is 0.384 e. The van der Waals surface area contributed by atoms with Crippen LogP contribution in [0.3, 0.4) is 0 Å². The molecule has 2 fully saturated rings. The number of amides is 1. The Morgan fingerprint density at radius 3 is 2.81 bits per heavy atom. The molecule has 0 unspecified atom stereocenters. The number of hydrogen-bond donors (Lipinski definition) is 1. The highest BCUT2D eigenvalue weighted by molar-refractivity contribution is 5.76. The average molecular weight is 226 g/mol. The van der Waals surface area contributed by atoms with Gasteiger partial charge in [-0.3, -0.25) is 4.79 Å². The van der Waals surface area contributed by atoms with Gasteiger partial charge in [0, 0.05) is 39.1 Å². The number of nitrogens with two attached hydrogens (primary N) is 1. The zero-order valence-corrected chi connectivity index (χ0v) is 10.1. The molecule has 1 aliphatic heterocycles. The van der Waals surface area contributed by atoms with Gasteiger partial charge in [0.1, 0.15) is 0 Å². The number of ether oxygens (including phenoxy) is 1. The predicted octanol–water partition coefficient (Wildman–Crippen LogP) is 0.610. The fourth-order valence-electron chi connectivity index (χ4n) is 3.13. The predicted molar refractivity (Wildman–Crippen MR) is 61.9 cm³/mol. The number of likely N-dealkylation sites (tertiary alicyclic amines) is 1. The summed E-state index contributed by atoms with van der Waals surface area (Å²) in [5.41, 5.74) is 5.81. The Kier molecular flexibility index (Phi) is 3.50. The van der Waals surface area contributed by atoms with Gasteiger partial charge in [-0.2, -0.15) is 0 Å². The van der Waals surface area contributed by atoms with Crippen LogP contribution in [0.4, 0.5) is 0 Å². The fourth-order valence-corrected chi connectivity index (χ4v) is 3.13. The maximum absolute atomic E-state index is 11.8. The third-order valence-corrected chi connectivity index (χ3v) is 4.24. The van der Waals surface area contributed by atoms with Crippen LogP contribution in [-0.4, -0.2) is 44.2 Å². The minimum atomic E-state index is 0.215. The van der Waals surface area contributed by atoms with Crippen molar-refractivity contribution in [2.75, 3.05) is 33.4 Å². The van der Waals surface area contributed by atoms with Crippen LogP contribution in [0.5, 0.6) is 0 Å². The normalized spacial score (nSPS) is 27.1. The molecule has 0 aromatic heterocycles. The van der Waals surface area contributed by atoms with Crippen molar-refractivity contribution >= 4 is 5.91 Å². The van der Waals surface area contributed by atoms with Crippen molar-refractivity contribution in [3.63, 3.8) is 0 Å². The van der Waals surface area contributed by atoms with Crippen LogP contribution in [0.1, 0.15) is 25.7 Å². The van der Waals surface area contributed by atoms with E-state index >= 15 is 0 Å². The van der Waals surface area contributed by atoms with Gasteiger partial charge in [0.15, 0.2) is 0 Å². The highest BCUT2D eigenvalue weighted by atomic mass is 16.5. The molecule has 4 nitrogen and oxygen atoms in total. The standard InChI is InChI=1S/C12H22N2O2/c1-16-8-10-7-14(11(15)3-6-13)9-12(10)4-2-5-12/h10H,2-9,13H2,1H3/t10-/m0/s1. The molecule has 1 amide bonds. The van der Waals surface area contributed by atoms with E-state index in [1.54, 1.807) is 7.11 Å². The number of rotatable bonds is 4. The molecule has 0 aromatic rings. The van der Waals surface area contributed by atoms with Crippen molar-refractivity contribution in [3.8, 4) is 0 Å². The summed E-state index contributed by atoms with van der Waals surface area (Å²) in [5, 5.41) is 0. The maximum atomic E-state index is 11.8. The number of nitrogens with zero attached hydrogens (tertiary/aromatic N) is 1. The Hall–Kier alpha value is -0.610. The van der Waals surface area contributed by atoms with Crippen molar-refractivity contribution in [3.05, 3.63) is 0 Å². The first-order valence-corrected chi connectivity index (χ1v) is 6.18. The van der Waals surface area contributed by atoms with E-state index < -0.39 is 0 Å². The van der Waals surface area contributed by atoms with Gasteiger partial charge in [-0.05, 0) is 18.3 Å². The number of methoxy groups -OCH3 is 1. The topological polar surface area (TPSA) is 55.6 Å². The van der Waals surface area contributed by atoms with Crippen LogP contribution in [0, 0.1) is 11.3 Å². The lowest BCUT2D eigenvalue weighted by Crippen LogP contribution is -2.39. The van der Waals surface area contributed by atoms with E-state index in [9.17, 15) is 4.79 Å². The fraction of sp³-hybridized carbons (Fsp3) is 0.917. The maximum Gasteiger partial charge on any atom is 0.223 e. The van der Waals surface area contributed by atoms with E-state index in [0.717, 1.165) is 19.7 Å². The van der Waals surface area contributed by atoms with Crippen molar-refractivity contribution in [1.82, 2.24) is 4.90 Å². The summed E-state index contributed by atoms with van der Waals surface area (Å²) in [4.78, 5) is 13.8. The van der Waals surface area contributed by atoms with Crippen molar-refractivity contribution in [2.45, 2.75) is 25.7 Å². The second-order valence-corrected chi connectivity index (χ2v) is 5.18. The molecule has 2 N–H and O–H groups in total. The highest BCUT2D eigenvalue weighted by Gasteiger charge is 2.50. The van der Waals surface area contributed by atoms with E-state index in [1.807, 2.05) is 4.90 Å². The van der Waals surface area contributed by atoms with E-state index in [2.05, 4.69) is 0 Å². The molecular weight excluding hydrogens is 204 g/mol. The third kappa shape index (κ3) is 1.96. The second kappa shape index (κ2) is 4.72. The van der Waals surface area contributed by atoms with Gasteiger partial charge in [0.2, 0.25) is 5.91 Å². The minimum absolute atomic E-state index is 0.215. The lowest BCUT2D eigenvalue weighted by atomic mass is 9.63. The van der Waals surface area contributed by atoms with Crippen LogP contribution >= 0.6 is 0 Å². The van der Waals surface area contributed by atoms with Crippen molar-refractivity contribution in [1.29, 1.82) is 0 Å². The summed E-state index contributed by atoms with van der Waals surface area (Å²) < 4.78 is 5.28. The molecule has 16 heavy (non-hydrogen) atoms. The molecular formula is C12H22N2O2.